The van der Waals surface area contributed by atoms with Gasteiger partial charge < -0.3 is 15.4 Å². The molecule has 130 valence electrons. The molecular weight excluding hydrogens is 317 g/mol. The van der Waals surface area contributed by atoms with Gasteiger partial charge in [0.2, 0.25) is 0 Å². The molecule has 0 bridgehead atoms. The minimum atomic E-state index is -0.834. The Kier molecular flexibility index (Phi) is 6.93. The standard InChI is InChI=1S/C17H27ClFN3O/c1-3-13-10-15(18)17(23-2)16(11-13)22-8-6-21(7-9-22)12-14(19)4-5-20/h10-11,14H,3-9,12,20H2,1-2H3. The number of anilines is 1. The molecule has 1 aromatic rings. The van der Waals surface area contributed by atoms with Crippen molar-refractivity contribution in [1.29, 1.82) is 0 Å². The van der Waals surface area contributed by atoms with E-state index in [1.807, 2.05) is 6.07 Å². The molecule has 1 aromatic carbocycles. The average molecular weight is 344 g/mol. The first kappa shape index (κ1) is 18.3. The minimum Gasteiger partial charge on any atom is -0.493 e. The van der Waals surface area contributed by atoms with Gasteiger partial charge in [0.15, 0.2) is 5.75 Å². The number of piperazine rings is 1. The molecule has 4 nitrogen and oxygen atoms in total. The number of nitrogens with zero attached hydrogens (tertiary/aromatic N) is 2. The van der Waals surface area contributed by atoms with Crippen LogP contribution in [0.25, 0.3) is 0 Å². The highest BCUT2D eigenvalue weighted by atomic mass is 35.5. The first-order valence-corrected chi connectivity index (χ1v) is 8.64. The van der Waals surface area contributed by atoms with Gasteiger partial charge in [0.25, 0.3) is 0 Å². The summed E-state index contributed by atoms with van der Waals surface area (Å²) in [7, 11) is 1.65. The quantitative estimate of drug-likeness (QED) is 0.826. The summed E-state index contributed by atoms with van der Waals surface area (Å²) < 4.78 is 19.2. The lowest BCUT2D eigenvalue weighted by Gasteiger charge is -2.37. The number of methoxy groups -OCH3 is 1. The molecule has 0 aliphatic carbocycles. The van der Waals surface area contributed by atoms with E-state index < -0.39 is 6.17 Å². The minimum absolute atomic E-state index is 0.403. The summed E-state index contributed by atoms with van der Waals surface area (Å²) in [5.74, 6) is 0.726. The maximum absolute atomic E-state index is 13.7. The molecule has 0 aromatic heterocycles. The van der Waals surface area contributed by atoms with E-state index in [2.05, 4.69) is 22.8 Å². The number of rotatable bonds is 7. The average Bonchev–Trinajstić information content (AvgIpc) is 2.55. The zero-order valence-electron chi connectivity index (χ0n) is 14.0. The molecule has 0 saturated carbocycles. The Bertz CT molecular complexity index is 507. The van der Waals surface area contributed by atoms with Crippen LogP contribution in [0.15, 0.2) is 12.1 Å². The summed E-state index contributed by atoms with van der Waals surface area (Å²) in [5, 5.41) is 0.649. The highest BCUT2D eigenvalue weighted by molar-refractivity contribution is 6.32. The van der Waals surface area contributed by atoms with Gasteiger partial charge in [-0.15, -0.1) is 0 Å². The van der Waals surface area contributed by atoms with Crippen molar-refractivity contribution in [2.75, 3.05) is 51.3 Å². The molecule has 1 atom stereocenters. The summed E-state index contributed by atoms with van der Waals surface area (Å²) in [6.07, 6.45) is 0.528. The number of nitrogens with two attached hydrogens (primary N) is 1. The van der Waals surface area contributed by atoms with E-state index in [1.54, 1.807) is 7.11 Å². The highest BCUT2D eigenvalue weighted by Crippen LogP contribution is 2.37. The van der Waals surface area contributed by atoms with Crippen LogP contribution in [0.3, 0.4) is 0 Å². The van der Waals surface area contributed by atoms with Crippen molar-refractivity contribution in [2.24, 2.45) is 5.73 Å². The fraction of sp³-hybridized carbons (Fsp3) is 0.647. The lowest BCUT2D eigenvalue weighted by Crippen LogP contribution is -2.48. The first-order valence-electron chi connectivity index (χ1n) is 8.26. The van der Waals surface area contributed by atoms with Crippen LogP contribution in [0.5, 0.6) is 5.75 Å². The number of alkyl halides is 1. The second-order valence-electron chi connectivity index (χ2n) is 5.95. The van der Waals surface area contributed by atoms with Crippen molar-refractivity contribution in [3.05, 3.63) is 22.7 Å². The Hall–Kier alpha value is -1.04. The Morgan fingerprint density at radius 1 is 1.30 bits per heavy atom. The van der Waals surface area contributed by atoms with Crippen LogP contribution in [-0.4, -0.2) is 57.4 Å². The molecule has 23 heavy (non-hydrogen) atoms. The van der Waals surface area contributed by atoms with Crippen molar-refractivity contribution in [3.8, 4) is 5.75 Å². The van der Waals surface area contributed by atoms with Crippen LogP contribution in [-0.2, 0) is 6.42 Å². The third-order valence-corrected chi connectivity index (χ3v) is 4.63. The molecule has 2 N–H and O–H groups in total. The molecule has 0 spiro atoms. The molecule has 0 radical (unpaired) electrons. The SMILES string of the molecule is CCc1cc(Cl)c(OC)c(N2CCN(CC(F)CCN)CC2)c1. The summed E-state index contributed by atoms with van der Waals surface area (Å²) in [4.78, 5) is 4.44. The topological polar surface area (TPSA) is 41.7 Å². The number of aryl methyl sites for hydroxylation is 1. The van der Waals surface area contributed by atoms with Gasteiger partial charge in [-0.3, -0.25) is 4.90 Å². The van der Waals surface area contributed by atoms with Crippen LogP contribution >= 0.6 is 11.6 Å². The van der Waals surface area contributed by atoms with Gasteiger partial charge in [0.1, 0.15) is 6.17 Å². The van der Waals surface area contributed by atoms with Gasteiger partial charge in [0, 0.05) is 32.7 Å². The van der Waals surface area contributed by atoms with Crippen LogP contribution in [0.4, 0.5) is 10.1 Å². The van der Waals surface area contributed by atoms with Crippen molar-refractivity contribution < 1.29 is 9.13 Å². The maximum atomic E-state index is 13.7. The smallest absolute Gasteiger partial charge is 0.160 e. The maximum Gasteiger partial charge on any atom is 0.160 e. The highest BCUT2D eigenvalue weighted by Gasteiger charge is 2.23. The van der Waals surface area contributed by atoms with Gasteiger partial charge >= 0.3 is 0 Å². The number of hydrogen-bond donors (Lipinski definition) is 1. The lowest BCUT2D eigenvalue weighted by molar-refractivity contribution is 0.177. The molecule has 1 fully saturated rings. The van der Waals surface area contributed by atoms with Crippen LogP contribution < -0.4 is 15.4 Å². The van der Waals surface area contributed by atoms with E-state index in [-0.39, 0.29) is 0 Å². The molecule has 1 aliphatic rings. The van der Waals surface area contributed by atoms with Crippen molar-refractivity contribution >= 4 is 17.3 Å². The number of hydrogen-bond acceptors (Lipinski definition) is 4. The van der Waals surface area contributed by atoms with E-state index >= 15 is 0 Å². The summed E-state index contributed by atoms with van der Waals surface area (Å²) in [6, 6.07) is 4.10. The third-order valence-electron chi connectivity index (χ3n) is 4.35. The molecule has 1 aliphatic heterocycles. The zero-order chi connectivity index (χ0) is 16.8. The summed E-state index contributed by atoms with van der Waals surface area (Å²) in [6.45, 7) is 6.34. The van der Waals surface area contributed by atoms with Crippen LogP contribution in [0.1, 0.15) is 18.9 Å². The van der Waals surface area contributed by atoms with Gasteiger partial charge in [0.05, 0.1) is 17.8 Å². The van der Waals surface area contributed by atoms with E-state index in [1.165, 1.54) is 5.56 Å². The van der Waals surface area contributed by atoms with Gasteiger partial charge in [-0.1, -0.05) is 18.5 Å². The Balaban J connectivity index is 2.03. The molecule has 2 rings (SSSR count). The van der Waals surface area contributed by atoms with Gasteiger partial charge in [-0.25, -0.2) is 4.39 Å². The van der Waals surface area contributed by atoms with Gasteiger partial charge in [-0.2, -0.15) is 0 Å². The fourth-order valence-electron chi connectivity index (χ4n) is 3.00. The Labute approximate surface area is 143 Å². The molecular formula is C17H27ClFN3O. The summed E-state index contributed by atoms with van der Waals surface area (Å²) in [5.41, 5.74) is 7.64. The van der Waals surface area contributed by atoms with E-state index in [9.17, 15) is 4.39 Å². The van der Waals surface area contributed by atoms with Gasteiger partial charge in [-0.05, 0) is 37.1 Å². The summed E-state index contributed by atoms with van der Waals surface area (Å²) >= 11 is 6.34. The molecule has 6 heteroatoms. The Morgan fingerprint density at radius 2 is 2.00 bits per heavy atom. The second-order valence-corrected chi connectivity index (χ2v) is 6.35. The number of ether oxygens (including phenoxy) is 1. The first-order chi connectivity index (χ1) is 11.1. The molecule has 1 unspecified atom stereocenters. The number of benzene rings is 1. The number of halogens is 2. The van der Waals surface area contributed by atoms with Crippen LogP contribution in [0, 0.1) is 0 Å². The van der Waals surface area contributed by atoms with Crippen molar-refractivity contribution in [3.63, 3.8) is 0 Å². The van der Waals surface area contributed by atoms with Crippen molar-refractivity contribution in [1.82, 2.24) is 4.90 Å². The molecule has 1 saturated heterocycles. The third kappa shape index (κ3) is 4.72. The molecule has 1 heterocycles. The van der Waals surface area contributed by atoms with Crippen LogP contribution in [0.2, 0.25) is 5.02 Å². The fourth-order valence-corrected chi connectivity index (χ4v) is 3.31. The molecule has 0 amide bonds. The lowest BCUT2D eigenvalue weighted by atomic mass is 10.1. The predicted molar refractivity (Wildman–Crippen MR) is 94.6 cm³/mol. The Morgan fingerprint density at radius 3 is 2.57 bits per heavy atom. The van der Waals surface area contributed by atoms with E-state index in [0.29, 0.717) is 24.5 Å². The normalized spacial score (nSPS) is 17.3. The predicted octanol–water partition coefficient (Wildman–Crippen LogP) is 2.72. The van der Waals surface area contributed by atoms with Crippen molar-refractivity contribution in [2.45, 2.75) is 25.9 Å². The zero-order valence-corrected chi connectivity index (χ0v) is 14.8. The monoisotopic (exact) mass is 343 g/mol. The van der Waals surface area contributed by atoms with E-state index in [4.69, 9.17) is 22.1 Å². The second kappa shape index (κ2) is 8.71. The largest absolute Gasteiger partial charge is 0.493 e. The van der Waals surface area contributed by atoms with E-state index in [0.717, 1.165) is 44.0 Å².